The molecule has 0 spiro atoms. The number of aromatic hydroxyl groups is 2. The first kappa shape index (κ1) is 28.4. The molecular weight excluding hydrogens is 464 g/mol. The number of carbonyl (C=O) groups excluding carboxylic acids is 3. The van der Waals surface area contributed by atoms with Crippen molar-refractivity contribution < 1.29 is 39.5 Å². The number of Topliss-reactive ketones (excluding diaryl/α,β-unsaturated/α-hetero) is 3. The molecule has 1 atom stereocenters. The second-order valence-electron chi connectivity index (χ2n) is 9.68. The first-order chi connectivity index (χ1) is 16.6. The minimum Gasteiger partial charge on any atom is -0.511 e. The highest BCUT2D eigenvalue weighted by molar-refractivity contribution is 6.23. The van der Waals surface area contributed by atoms with Gasteiger partial charge >= 0.3 is 0 Å². The van der Waals surface area contributed by atoms with Gasteiger partial charge in [-0.1, -0.05) is 17.2 Å². The molecule has 2 rings (SSSR count). The second-order valence-corrected chi connectivity index (χ2v) is 9.68. The SMILES string of the molecule is CC(=O)C1=C(O)C(Cc2c(OCC=C(C)C)cc(O)c(C(C)=O)c2O)=C(O)C(C)(CC=C(C)C)C1=O. The Bertz CT molecular complexity index is 1230. The smallest absolute Gasteiger partial charge is 0.183 e. The fourth-order valence-electron chi connectivity index (χ4n) is 3.97. The first-order valence-electron chi connectivity index (χ1n) is 11.5. The molecule has 0 saturated carbocycles. The molecule has 0 saturated heterocycles. The van der Waals surface area contributed by atoms with Gasteiger partial charge < -0.3 is 25.2 Å². The van der Waals surface area contributed by atoms with E-state index < -0.39 is 51.4 Å². The van der Waals surface area contributed by atoms with Crippen LogP contribution in [0, 0.1) is 5.41 Å². The lowest BCUT2D eigenvalue weighted by Gasteiger charge is -2.33. The normalized spacial score (nSPS) is 17.7. The number of aliphatic hydroxyl groups excluding tert-OH is 2. The number of ketones is 3. The predicted molar refractivity (Wildman–Crippen MR) is 136 cm³/mol. The van der Waals surface area contributed by atoms with Crippen molar-refractivity contribution in [1.82, 2.24) is 0 Å². The summed E-state index contributed by atoms with van der Waals surface area (Å²) in [4.78, 5) is 37.7. The highest BCUT2D eigenvalue weighted by atomic mass is 16.5. The Hall–Kier alpha value is -3.81. The molecular formula is C28H34O8. The van der Waals surface area contributed by atoms with Gasteiger partial charge in [-0.2, -0.15) is 0 Å². The molecule has 0 aromatic heterocycles. The maximum atomic E-state index is 13.2. The summed E-state index contributed by atoms with van der Waals surface area (Å²) >= 11 is 0. The minimum absolute atomic E-state index is 0.00456. The number of phenols is 2. The molecule has 194 valence electrons. The molecule has 36 heavy (non-hydrogen) atoms. The van der Waals surface area contributed by atoms with E-state index in [-0.39, 0.29) is 41.9 Å². The van der Waals surface area contributed by atoms with Crippen molar-refractivity contribution in [3.8, 4) is 17.2 Å². The molecule has 4 N–H and O–H groups in total. The number of hydrogen-bond acceptors (Lipinski definition) is 8. The second kappa shape index (κ2) is 10.8. The van der Waals surface area contributed by atoms with E-state index in [4.69, 9.17) is 4.74 Å². The zero-order valence-corrected chi connectivity index (χ0v) is 21.8. The van der Waals surface area contributed by atoms with Gasteiger partial charge in [-0.15, -0.1) is 0 Å². The van der Waals surface area contributed by atoms with Gasteiger partial charge in [-0.05, 0) is 61.0 Å². The molecule has 1 aliphatic rings. The van der Waals surface area contributed by atoms with Gasteiger partial charge in [-0.25, -0.2) is 0 Å². The summed E-state index contributed by atoms with van der Waals surface area (Å²) in [6, 6.07) is 1.17. The molecule has 0 amide bonds. The Morgan fingerprint density at radius 3 is 2.03 bits per heavy atom. The lowest BCUT2D eigenvalue weighted by atomic mass is 9.70. The fraction of sp³-hybridized carbons (Fsp3) is 0.393. The van der Waals surface area contributed by atoms with Crippen LogP contribution < -0.4 is 4.74 Å². The van der Waals surface area contributed by atoms with E-state index in [1.54, 1.807) is 12.2 Å². The number of phenolic OH excluding ortho intramolecular Hbond substituents is 2. The summed E-state index contributed by atoms with van der Waals surface area (Å²) < 4.78 is 5.73. The van der Waals surface area contributed by atoms with Crippen LogP contribution in [-0.2, 0) is 16.0 Å². The number of hydrogen-bond donors (Lipinski definition) is 4. The van der Waals surface area contributed by atoms with Crippen LogP contribution in [0.4, 0.5) is 0 Å². The van der Waals surface area contributed by atoms with Crippen molar-refractivity contribution in [1.29, 1.82) is 0 Å². The van der Waals surface area contributed by atoms with Crippen molar-refractivity contribution in [3.05, 3.63) is 63.2 Å². The summed E-state index contributed by atoms with van der Waals surface area (Å²) in [5, 5.41) is 43.5. The highest BCUT2D eigenvalue weighted by Crippen LogP contribution is 2.46. The Balaban J connectivity index is 2.82. The lowest BCUT2D eigenvalue weighted by molar-refractivity contribution is -0.127. The van der Waals surface area contributed by atoms with Crippen molar-refractivity contribution >= 4 is 17.3 Å². The molecule has 0 radical (unpaired) electrons. The van der Waals surface area contributed by atoms with E-state index >= 15 is 0 Å². The number of rotatable bonds is 9. The maximum absolute atomic E-state index is 13.2. The molecule has 1 aliphatic carbocycles. The van der Waals surface area contributed by atoms with E-state index in [2.05, 4.69) is 0 Å². The Kier molecular flexibility index (Phi) is 8.57. The molecule has 0 heterocycles. The van der Waals surface area contributed by atoms with Gasteiger partial charge in [0.1, 0.15) is 46.5 Å². The van der Waals surface area contributed by atoms with Crippen LogP contribution >= 0.6 is 0 Å². The quantitative estimate of drug-likeness (QED) is 0.203. The average molecular weight is 499 g/mol. The first-order valence-corrected chi connectivity index (χ1v) is 11.5. The van der Waals surface area contributed by atoms with E-state index in [9.17, 15) is 34.8 Å². The summed E-state index contributed by atoms with van der Waals surface area (Å²) in [6.45, 7) is 11.2. The van der Waals surface area contributed by atoms with Gasteiger partial charge in [0.15, 0.2) is 17.3 Å². The van der Waals surface area contributed by atoms with Crippen LogP contribution in [0.2, 0.25) is 0 Å². The van der Waals surface area contributed by atoms with Crippen LogP contribution in [-0.4, -0.2) is 44.4 Å². The summed E-state index contributed by atoms with van der Waals surface area (Å²) in [5.41, 5.74) is -0.670. The lowest BCUT2D eigenvalue weighted by Crippen LogP contribution is -2.38. The molecule has 1 unspecified atom stereocenters. The van der Waals surface area contributed by atoms with Crippen molar-refractivity contribution in [2.24, 2.45) is 5.41 Å². The van der Waals surface area contributed by atoms with E-state index in [0.717, 1.165) is 18.1 Å². The number of ether oxygens (including phenoxy) is 1. The average Bonchev–Trinajstić information content (AvgIpc) is 2.75. The van der Waals surface area contributed by atoms with Gasteiger partial charge in [0.05, 0.1) is 5.41 Å². The third-order valence-corrected chi connectivity index (χ3v) is 6.11. The van der Waals surface area contributed by atoms with Crippen LogP contribution in [0.25, 0.3) is 0 Å². The van der Waals surface area contributed by atoms with Crippen molar-refractivity contribution in [2.45, 2.75) is 61.3 Å². The zero-order chi connectivity index (χ0) is 27.5. The Morgan fingerprint density at radius 2 is 1.53 bits per heavy atom. The molecule has 1 aromatic rings. The van der Waals surface area contributed by atoms with E-state index in [0.29, 0.717) is 0 Å². The number of allylic oxidation sites excluding steroid dienone is 6. The standard InChI is InChI=1S/C28H34O8/c1-14(2)8-10-28(7)26(34)19(25(33)23(17(6)30)27(28)35)12-18-21(36-11-9-15(3)4)13-20(31)22(16(5)29)24(18)32/h8-9,13,31-34H,10-12H2,1-7H3. The molecule has 0 aliphatic heterocycles. The molecule has 8 heteroatoms. The summed E-state index contributed by atoms with van der Waals surface area (Å²) in [5.74, 6) is -4.24. The molecule has 1 aromatic carbocycles. The Morgan fingerprint density at radius 1 is 0.944 bits per heavy atom. The topological polar surface area (TPSA) is 141 Å². The highest BCUT2D eigenvalue weighted by Gasteiger charge is 2.47. The number of carbonyl (C=O) groups is 3. The Labute approximate surface area is 210 Å². The van der Waals surface area contributed by atoms with Crippen LogP contribution in [0.1, 0.15) is 70.8 Å². The monoisotopic (exact) mass is 498 g/mol. The predicted octanol–water partition coefficient (Wildman–Crippen LogP) is 5.35. The van der Waals surface area contributed by atoms with Crippen molar-refractivity contribution in [3.63, 3.8) is 0 Å². The van der Waals surface area contributed by atoms with Gasteiger partial charge in [0, 0.05) is 23.6 Å². The molecule has 0 bridgehead atoms. The molecule has 0 fully saturated rings. The maximum Gasteiger partial charge on any atom is 0.183 e. The third-order valence-electron chi connectivity index (χ3n) is 6.11. The van der Waals surface area contributed by atoms with E-state index in [1.165, 1.54) is 19.9 Å². The van der Waals surface area contributed by atoms with Crippen molar-refractivity contribution in [2.75, 3.05) is 6.61 Å². The number of benzene rings is 1. The van der Waals surface area contributed by atoms with Gasteiger partial charge in [-0.3, -0.25) is 14.4 Å². The minimum atomic E-state index is -1.54. The molecule has 8 nitrogen and oxygen atoms in total. The van der Waals surface area contributed by atoms with Crippen LogP contribution in [0.3, 0.4) is 0 Å². The van der Waals surface area contributed by atoms with Crippen LogP contribution in [0.15, 0.2) is 52.0 Å². The van der Waals surface area contributed by atoms with Crippen LogP contribution in [0.5, 0.6) is 17.2 Å². The fourth-order valence-corrected chi connectivity index (χ4v) is 3.97. The van der Waals surface area contributed by atoms with Gasteiger partial charge in [0.25, 0.3) is 0 Å². The summed E-state index contributed by atoms with van der Waals surface area (Å²) in [6.07, 6.45) is 3.18. The van der Waals surface area contributed by atoms with E-state index in [1.807, 2.05) is 27.7 Å². The number of aliphatic hydroxyl groups is 2. The largest absolute Gasteiger partial charge is 0.511 e. The summed E-state index contributed by atoms with van der Waals surface area (Å²) in [7, 11) is 0. The van der Waals surface area contributed by atoms with Gasteiger partial charge in [0.2, 0.25) is 0 Å². The zero-order valence-electron chi connectivity index (χ0n) is 21.8. The third kappa shape index (κ3) is 5.53.